The Hall–Kier alpha value is -1.02. The van der Waals surface area contributed by atoms with Gasteiger partial charge in [-0.3, -0.25) is 4.89 Å². The molecule has 1 aromatic rings. The van der Waals surface area contributed by atoms with E-state index >= 15 is 0 Å². The summed E-state index contributed by atoms with van der Waals surface area (Å²) in [6.45, 7) is 0. The van der Waals surface area contributed by atoms with Gasteiger partial charge in [-0.25, -0.2) is 10.9 Å². The van der Waals surface area contributed by atoms with E-state index in [4.69, 9.17) is 5.26 Å². The van der Waals surface area contributed by atoms with Crippen molar-refractivity contribution < 1.29 is 21.1 Å². The quantitative estimate of drug-likeness (QED) is 0.510. The second kappa shape index (κ2) is 4.28. The second-order valence-corrected chi connectivity index (χ2v) is 4.48. The fourth-order valence-electron chi connectivity index (χ4n) is 0.810. The van der Waals surface area contributed by atoms with E-state index in [1.165, 1.54) is 24.3 Å². The summed E-state index contributed by atoms with van der Waals surface area (Å²) in [5.74, 6) is -1.07. The molecule has 0 amide bonds. The lowest BCUT2D eigenvalue weighted by Crippen LogP contribution is -2.03. The average molecular weight is 296 g/mol. The first-order valence-electron chi connectivity index (χ1n) is 3.17. The van der Waals surface area contributed by atoms with Crippen molar-refractivity contribution in [1.82, 2.24) is 0 Å². The predicted molar refractivity (Wildman–Crippen MR) is 48.6 cm³/mol. The van der Waals surface area contributed by atoms with Crippen LogP contribution in [-0.2, 0) is 11.0 Å². The zero-order chi connectivity index (χ0) is 9.84. The van der Waals surface area contributed by atoms with Gasteiger partial charge in [-0.2, -0.15) is 5.26 Å². The van der Waals surface area contributed by atoms with Crippen molar-refractivity contribution in [1.29, 1.82) is 0 Å². The van der Waals surface area contributed by atoms with E-state index in [-0.39, 0.29) is 9.13 Å². The van der Waals surface area contributed by atoms with Gasteiger partial charge in [0.2, 0.25) is 0 Å². The van der Waals surface area contributed by atoms with Crippen LogP contribution in [0.4, 0.5) is 0 Å². The van der Waals surface area contributed by atoms with Gasteiger partial charge in [0, 0.05) is 0 Å². The number of rotatable bonds is 2. The molecule has 70 valence electrons. The Morgan fingerprint density at radius 1 is 1.31 bits per heavy atom. The molecule has 0 aromatic heterocycles. The maximum Gasteiger partial charge on any atom is 0.374 e. The molecule has 0 fully saturated rings. The van der Waals surface area contributed by atoms with Gasteiger partial charge in [0.05, 0.1) is 9.13 Å². The van der Waals surface area contributed by atoms with Crippen LogP contribution in [0.5, 0.6) is 0 Å². The number of hydrogen-bond donors (Lipinski definition) is 1. The number of carbonyl (C=O) groups is 1. The maximum atomic E-state index is 10.8. The Kier molecular flexibility index (Phi) is 3.32. The molecule has 0 aliphatic rings. The third-order valence-corrected chi connectivity index (χ3v) is 3.23. The largest absolute Gasteiger partial charge is 0.374 e. The molecule has 6 heteroatoms. The van der Waals surface area contributed by atoms with Gasteiger partial charge < -0.3 is 0 Å². The molecule has 0 saturated carbocycles. The third-order valence-electron chi connectivity index (χ3n) is 1.34. The molecule has 1 N–H and O–H groups in total. The molecule has 0 saturated heterocycles. The lowest BCUT2D eigenvalue weighted by atomic mass is 10.2. The molecule has 1 rings (SSSR count). The van der Waals surface area contributed by atoms with Crippen LogP contribution < -0.4 is 0 Å². The minimum Gasteiger partial charge on any atom is -0.295 e. The van der Waals surface area contributed by atoms with Crippen LogP contribution in [0.2, 0.25) is 0 Å². The topological polar surface area (TPSA) is 80.7 Å². The normalized spacial score (nSPS) is 10.0. The highest BCUT2D eigenvalue weighted by Crippen LogP contribution is 2.21. The molecule has 0 heterocycles. The van der Waals surface area contributed by atoms with E-state index in [0.29, 0.717) is 0 Å². The van der Waals surface area contributed by atoms with Crippen molar-refractivity contribution in [2.45, 2.75) is 0 Å². The molecular weight excluding hydrogens is 291 g/mol. The summed E-state index contributed by atoms with van der Waals surface area (Å²) in [4.78, 5) is 14.2. The van der Waals surface area contributed by atoms with Crippen molar-refractivity contribution in [3.05, 3.63) is 33.4 Å². The Bertz CT molecular complexity index is 388. The van der Waals surface area contributed by atoms with Crippen molar-refractivity contribution in [3.63, 3.8) is 0 Å². The standard InChI is InChI=1S/C7H5IO5/c9-7(13-12)5-3-1-2-4-6(5)8(10)11/h1-4,12H. The zero-order valence-corrected chi connectivity index (χ0v) is 8.43. The molecule has 0 spiro atoms. The van der Waals surface area contributed by atoms with Crippen LogP contribution in [0.15, 0.2) is 24.3 Å². The summed E-state index contributed by atoms with van der Waals surface area (Å²) >= 11 is -3.71. The molecule has 0 radical (unpaired) electrons. The molecule has 0 aliphatic carbocycles. The Morgan fingerprint density at radius 2 is 1.92 bits per heavy atom. The molecule has 0 atom stereocenters. The van der Waals surface area contributed by atoms with Gasteiger partial charge in [0.15, 0.2) is 0 Å². The fraction of sp³-hybridized carbons (Fsp3) is 0. The van der Waals surface area contributed by atoms with Crippen LogP contribution in [0.25, 0.3) is 0 Å². The van der Waals surface area contributed by atoms with Crippen LogP contribution >= 0.6 is 19.8 Å². The third kappa shape index (κ3) is 2.22. The number of benzene rings is 1. The van der Waals surface area contributed by atoms with Crippen molar-refractivity contribution in [3.8, 4) is 0 Å². The van der Waals surface area contributed by atoms with E-state index in [0.717, 1.165) is 0 Å². The minimum absolute atomic E-state index is 0.0780. The summed E-state index contributed by atoms with van der Waals surface area (Å²) in [5.41, 5.74) is -0.139. The van der Waals surface area contributed by atoms with Crippen LogP contribution in [0, 0.1) is 3.57 Å². The van der Waals surface area contributed by atoms with Crippen molar-refractivity contribution >= 4 is 25.8 Å². The summed E-state index contributed by atoms with van der Waals surface area (Å²) in [6, 6.07) is 5.53. The molecule has 13 heavy (non-hydrogen) atoms. The minimum atomic E-state index is -3.71. The average Bonchev–Trinajstić information content (AvgIpc) is 2.16. The highest BCUT2D eigenvalue weighted by molar-refractivity contribution is 14.2. The van der Waals surface area contributed by atoms with Crippen molar-refractivity contribution in [2.75, 3.05) is 0 Å². The summed E-state index contributed by atoms with van der Waals surface area (Å²) in [7, 11) is 0. The molecule has 0 bridgehead atoms. The van der Waals surface area contributed by atoms with E-state index in [9.17, 15) is 10.9 Å². The first kappa shape index (κ1) is 10.1. The van der Waals surface area contributed by atoms with Gasteiger partial charge in [-0.05, 0) is 12.1 Å². The summed E-state index contributed by atoms with van der Waals surface area (Å²) in [5, 5.41) is 8.06. The van der Waals surface area contributed by atoms with E-state index in [1.807, 2.05) is 0 Å². The van der Waals surface area contributed by atoms with Gasteiger partial charge in [-0.1, -0.05) is 12.1 Å². The first-order valence-corrected chi connectivity index (χ1v) is 6.01. The Labute approximate surface area is 80.4 Å². The van der Waals surface area contributed by atoms with E-state index in [1.54, 1.807) is 0 Å². The molecular formula is C7H5IO5. The lowest BCUT2D eigenvalue weighted by molar-refractivity contribution is -0.182. The second-order valence-electron chi connectivity index (χ2n) is 2.08. The zero-order valence-electron chi connectivity index (χ0n) is 6.27. The van der Waals surface area contributed by atoms with Crippen LogP contribution in [0.3, 0.4) is 0 Å². The van der Waals surface area contributed by atoms with E-state index in [2.05, 4.69) is 4.89 Å². The van der Waals surface area contributed by atoms with E-state index < -0.39 is 25.8 Å². The highest BCUT2D eigenvalue weighted by atomic mass is 127. The maximum absolute atomic E-state index is 10.8. The highest BCUT2D eigenvalue weighted by Gasteiger charge is 2.14. The molecule has 0 aliphatic heterocycles. The first-order chi connectivity index (χ1) is 6.16. The predicted octanol–water partition coefficient (Wildman–Crippen LogP) is 1.68. The smallest absolute Gasteiger partial charge is 0.295 e. The number of carbonyl (C=O) groups excluding carboxylic acids is 1. The van der Waals surface area contributed by atoms with Crippen molar-refractivity contribution in [2.24, 2.45) is 0 Å². The monoisotopic (exact) mass is 296 g/mol. The fourth-order valence-corrected chi connectivity index (χ4v) is 2.19. The summed E-state index contributed by atoms with van der Waals surface area (Å²) in [6.07, 6.45) is 0. The van der Waals surface area contributed by atoms with Gasteiger partial charge in [0.25, 0.3) is 0 Å². The number of halogens is 1. The Balaban J connectivity index is 3.27. The molecule has 5 nitrogen and oxygen atoms in total. The summed E-state index contributed by atoms with van der Waals surface area (Å²) < 4.78 is 21.3. The van der Waals surface area contributed by atoms with Gasteiger partial charge >= 0.3 is 25.8 Å². The lowest BCUT2D eigenvalue weighted by Gasteiger charge is -1.97. The molecule has 1 aromatic carbocycles. The number of hydrogen-bond acceptors (Lipinski definition) is 5. The SMILES string of the molecule is O=C(OO)c1ccccc1I(=O)=O. The van der Waals surface area contributed by atoms with Crippen LogP contribution in [0.1, 0.15) is 10.4 Å². The Morgan fingerprint density at radius 3 is 2.46 bits per heavy atom. The van der Waals surface area contributed by atoms with Gasteiger partial charge in [0.1, 0.15) is 0 Å². The van der Waals surface area contributed by atoms with Crippen LogP contribution in [-0.4, -0.2) is 11.2 Å². The molecule has 0 unspecified atom stereocenters. The van der Waals surface area contributed by atoms with Gasteiger partial charge in [-0.15, -0.1) is 0 Å².